The van der Waals surface area contributed by atoms with Crippen molar-refractivity contribution in [2.24, 2.45) is 5.73 Å². The molecular weight excluding hydrogens is 356 g/mol. The average Bonchev–Trinajstić information content (AvgIpc) is 2.67. The fraction of sp³-hybridized carbons (Fsp3) is 0.136. The fourth-order valence-electron chi connectivity index (χ4n) is 2.91. The van der Waals surface area contributed by atoms with Crippen molar-refractivity contribution in [2.45, 2.75) is 19.4 Å². The van der Waals surface area contributed by atoms with Gasteiger partial charge in [0.1, 0.15) is 11.8 Å². The summed E-state index contributed by atoms with van der Waals surface area (Å²) in [6.07, 6.45) is 0.289. The van der Waals surface area contributed by atoms with Gasteiger partial charge in [-0.1, -0.05) is 42.5 Å². The monoisotopic (exact) mass is 376 g/mol. The van der Waals surface area contributed by atoms with Gasteiger partial charge in [0.25, 0.3) is 5.91 Å². The number of fused-ring (bicyclic) bond motifs is 1. The lowest BCUT2D eigenvalue weighted by Gasteiger charge is -2.16. The highest BCUT2D eigenvalue weighted by molar-refractivity contribution is 5.97. The Morgan fingerprint density at radius 1 is 0.964 bits per heavy atom. The van der Waals surface area contributed by atoms with Crippen LogP contribution in [0.5, 0.6) is 5.75 Å². The van der Waals surface area contributed by atoms with Crippen molar-refractivity contribution < 1.29 is 19.1 Å². The van der Waals surface area contributed by atoms with Gasteiger partial charge in [-0.15, -0.1) is 0 Å². The summed E-state index contributed by atoms with van der Waals surface area (Å²) in [4.78, 5) is 35.3. The van der Waals surface area contributed by atoms with Gasteiger partial charge < -0.3 is 15.8 Å². The number of benzene rings is 3. The summed E-state index contributed by atoms with van der Waals surface area (Å²) >= 11 is 0. The van der Waals surface area contributed by atoms with Crippen LogP contribution in [0.2, 0.25) is 0 Å². The number of amides is 2. The van der Waals surface area contributed by atoms with E-state index < -0.39 is 23.8 Å². The van der Waals surface area contributed by atoms with Gasteiger partial charge in [-0.25, -0.2) is 0 Å². The van der Waals surface area contributed by atoms with Gasteiger partial charge in [-0.2, -0.15) is 0 Å². The third-order valence-corrected chi connectivity index (χ3v) is 4.28. The first kappa shape index (κ1) is 19.1. The summed E-state index contributed by atoms with van der Waals surface area (Å²) in [5.41, 5.74) is 6.72. The smallest absolute Gasteiger partial charge is 0.308 e. The van der Waals surface area contributed by atoms with Crippen LogP contribution in [0.4, 0.5) is 0 Å². The first-order chi connectivity index (χ1) is 13.4. The van der Waals surface area contributed by atoms with E-state index in [1.54, 1.807) is 0 Å². The van der Waals surface area contributed by atoms with Crippen molar-refractivity contribution in [3.63, 3.8) is 0 Å². The molecule has 28 heavy (non-hydrogen) atoms. The van der Waals surface area contributed by atoms with Gasteiger partial charge in [0, 0.05) is 18.9 Å². The molecule has 0 heterocycles. The van der Waals surface area contributed by atoms with Crippen LogP contribution in [0, 0.1) is 0 Å². The zero-order valence-electron chi connectivity index (χ0n) is 15.3. The summed E-state index contributed by atoms with van der Waals surface area (Å²) in [6.45, 7) is 1.30. The standard InChI is InChI=1S/C22H20N2O4/c1-14(25)28-19-10-8-17(9-11-19)22(27)24-20(21(23)26)13-15-6-7-16-4-2-3-5-18(16)12-15/h2-12,20H,13H2,1H3,(H2,23,26)(H,24,27)/t20-/m0/s1. The van der Waals surface area contributed by atoms with Crippen molar-refractivity contribution in [2.75, 3.05) is 0 Å². The van der Waals surface area contributed by atoms with Crippen molar-refractivity contribution in [1.29, 1.82) is 0 Å². The van der Waals surface area contributed by atoms with Crippen LogP contribution < -0.4 is 15.8 Å². The molecule has 142 valence electrons. The number of primary amides is 1. The number of carbonyl (C=O) groups is 3. The summed E-state index contributed by atoms with van der Waals surface area (Å²) in [7, 11) is 0. The Morgan fingerprint density at radius 3 is 2.29 bits per heavy atom. The van der Waals surface area contributed by atoms with Crippen LogP contribution in [-0.4, -0.2) is 23.8 Å². The molecule has 0 radical (unpaired) electrons. The summed E-state index contributed by atoms with van der Waals surface area (Å²) in [5, 5.41) is 4.82. The fourth-order valence-corrected chi connectivity index (χ4v) is 2.91. The minimum absolute atomic E-state index is 0.289. The molecule has 0 unspecified atom stereocenters. The molecule has 1 atom stereocenters. The van der Waals surface area contributed by atoms with E-state index in [2.05, 4.69) is 5.32 Å². The second-order valence-corrected chi connectivity index (χ2v) is 6.43. The van der Waals surface area contributed by atoms with E-state index >= 15 is 0 Å². The number of hydrogen-bond acceptors (Lipinski definition) is 4. The number of nitrogens with two attached hydrogens (primary N) is 1. The van der Waals surface area contributed by atoms with Crippen LogP contribution >= 0.6 is 0 Å². The Kier molecular flexibility index (Phi) is 5.69. The van der Waals surface area contributed by atoms with Crippen LogP contribution in [0.1, 0.15) is 22.8 Å². The highest BCUT2D eigenvalue weighted by Gasteiger charge is 2.19. The third-order valence-electron chi connectivity index (χ3n) is 4.28. The van der Waals surface area contributed by atoms with Crippen molar-refractivity contribution in [3.05, 3.63) is 77.9 Å². The van der Waals surface area contributed by atoms with Gasteiger partial charge in [0.2, 0.25) is 5.91 Å². The average molecular weight is 376 g/mol. The zero-order valence-corrected chi connectivity index (χ0v) is 15.3. The Hall–Kier alpha value is -3.67. The second kappa shape index (κ2) is 8.35. The number of carbonyl (C=O) groups excluding carboxylic acids is 3. The van der Waals surface area contributed by atoms with Crippen LogP contribution in [-0.2, 0) is 16.0 Å². The largest absolute Gasteiger partial charge is 0.427 e. The zero-order chi connectivity index (χ0) is 20.1. The van der Waals surface area contributed by atoms with E-state index in [-0.39, 0.29) is 6.42 Å². The molecule has 0 aliphatic heterocycles. The molecule has 0 saturated carbocycles. The topological polar surface area (TPSA) is 98.5 Å². The number of esters is 1. The normalized spacial score (nSPS) is 11.6. The highest BCUT2D eigenvalue weighted by atomic mass is 16.5. The molecule has 3 aromatic carbocycles. The van der Waals surface area contributed by atoms with Gasteiger partial charge in [-0.3, -0.25) is 14.4 Å². The third kappa shape index (κ3) is 4.73. The van der Waals surface area contributed by atoms with Crippen LogP contribution in [0.15, 0.2) is 66.7 Å². The molecule has 6 heteroatoms. The highest BCUT2D eigenvalue weighted by Crippen LogP contribution is 2.17. The Balaban J connectivity index is 1.72. The van der Waals surface area contributed by atoms with Crippen molar-refractivity contribution in [3.8, 4) is 5.75 Å². The summed E-state index contributed by atoms with van der Waals surface area (Å²) in [5.74, 6) is -1.15. The molecule has 0 aliphatic carbocycles. The molecule has 6 nitrogen and oxygen atoms in total. The van der Waals surface area contributed by atoms with Crippen molar-refractivity contribution >= 4 is 28.6 Å². The lowest BCUT2D eigenvalue weighted by atomic mass is 10.0. The Morgan fingerprint density at radius 2 is 1.64 bits per heavy atom. The van der Waals surface area contributed by atoms with Crippen LogP contribution in [0.25, 0.3) is 10.8 Å². The van der Waals surface area contributed by atoms with Gasteiger partial charge in [-0.05, 0) is 40.6 Å². The molecule has 0 spiro atoms. The number of nitrogens with one attached hydrogen (secondary N) is 1. The maximum atomic E-state index is 12.5. The number of rotatable bonds is 6. The minimum Gasteiger partial charge on any atom is -0.427 e. The summed E-state index contributed by atoms with van der Waals surface area (Å²) < 4.78 is 4.94. The van der Waals surface area contributed by atoms with Crippen molar-refractivity contribution in [1.82, 2.24) is 5.32 Å². The first-order valence-corrected chi connectivity index (χ1v) is 8.79. The molecule has 0 aliphatic rings. The molecule has 3 aromatic rings. The number of hydrogen-bond donors (Lipinski definition) is 2. The Bertz CT molecular complexity index is 1030. The maximum absolute atomic E-state index is 12.5. The predicted molar refractivity (Wildman–Crippen MR) is 106 cm³/mol. The number of ether oxygens (including phenoxy) is 1. The molecular formula is C22H20N2O4. The van der Waals surface area contributed by atoms with Gasteiger partial charge in [0.15, 0.2) is 0 Å². The molecule has 0 aromatic heterocycles. The summed E-state index contributed by atoms with van der Waals surface area (Å²) in [6, 6.07) is 19.0. The SMILES string of the molecule is CC(=O)Oc1ccc(C(=O)N[C@@H](Cc2ccc3ccccc3c2)C(N)=O)cc1. The maximum Gasteiger partial charge on any atom is 0.308 e. The lowest BCUT2D eigenvalue weighted by Crippen LogP contribution is -2.45. The molecule has 0 saturated heterocycles. The molecule has 0 bridgehead atoms. The predicted octanol–water partition coefficient (Wildman–Crippen LogP) is 2.59. The lowest BCUT2D eigenvalue weighted by molar-refractivity contribution is -0.131. The van der Waals surface area contributed by atoms with E-state index in [4.69, 9.17) is 10.5 Å². The molecule has 3 N–H and O–H groups in total. The van der Waals surface area contributed by atoms with E-state index in [9.17, 15) is 14.4 Å². The minimum atomic E-state index is -0.846. The van der Waals surface area contributed by atoms with Gasteiger partial charge in [0.05, 0.1) is 0 Å². The van der Waals surface area contributed by atoms with Gasteiger partial charge >= 0.3 is 5.97 Å². The van der Waals surface area contributed by atoms with E-state index in [0.29, 0.717) is 11.3 Å². The van der Waals surface area contributed by atoms with Crippen LogP contribution in [0.3, 0.4) is 0 Å². The quantitative estimate of drug-likeness (QED) is 0.510. The van der Waals surface area contributed by atoms with E-state index in [1.165, 1.54) is 31.2 Å². The first-order valence-electron chi connectivity index (χ1n) is 8.79. The molecule has 0 fully saturated rings. The molecule has 3 rings (SSSR count). The Labute approximate surface area is 162 Å². The van der Waals surface area contributed by atoms with E-state index in [1.807, 2.05) is 42.5 Å². The second-order valence-electron chi connectivity index (χ2n) is 6.43. The van der Waals surface area contributed by atoms with E-state index in [0.717, 1.165) is 16.3 Å². The molecule has 2 amide bonds.